The van der Waals surface area contributed by atoms with Crippen molar-refractivity contribution in [2.45, 2.75) is 101 Å². The second-order valence-electron chi connectivity index (χ2n) is 13.7. The molecular weight excluding hydrogens is 843 g/mol. The molecule has 0 saturated carbocycles. The van der Waals surface area contributed by atoms with E-state index in [4.69, 9.17) is 20.3 Å². The van der Waals surface area contributed by atoms with Crippen LogP contribution in [0, 0.1) is 0 Å². The van der Waals surface area contributed by atoms with E-state index < -0.39 is 103 Å². The third-order valence-corrected chi connectivity index (χ3v) is 9.08. The number of ketones is 1. The molecule has 0 aromatic heterocycles. The maximum Gasteiger partial charge on any atom is 0.326 e. The molecule has 62 heavy (non-hydrogen) atoms. The van der Waals surface area contributed by atoms with Crippen LogP contribution in [-0.4, -0.2) is 150 Å². The molecule has 1 aromatic rings. The molecule has 0 saturated heterocycles. The van der Waals surface area contributed by atoms with Crippen molar-refractivity contribution in [3.63, 3.8) is 0 Å². The lowest BCUT2D eigenvalue weighted by Crippen LogP contribution is -2.54. The number of carboxylic acid groups (broad SMARTS) is 3. The molecule has 0 unspecified atom stereocenters. The van der Waals surface area contributed by atoms with Crippen LogP contribution in [0.25, 0.3) is 0 Å². The molecule has 0 aliphatic rings. The molecule has 346 valence electrons. The van der Waals surface area contributed by atoms with E-state index in [1.165, 1.54) is 0 Å². The van der Waals surface area contributed by atoms with Crippen LogP contribution in [0.5, 0.6) is 0 Å². The fraction of sp³-hybridized carbons (Fsp3) is 0.579. The molecule has 11 N–H and O–H groups in total. The van der Waals surface area contributed by atoms with Crippen molar-refractivity contribution in [3.05, 3.63) is 35.9 Å². The van der Waals surface area contributed by atoms with Crippen molar-refractivity contribution in [1.82, 2.24) is 31.9 Å². The molecule has 0 bridgehead atoms. The molecule has 24 heteroatoms. The smallest absolute Gasteiger partial charge is 0.326 e. The Balaban J connectivity index is 2.48. The number of ether oxygens (including phenoxy) is 3. The van der Waals surface area contributed by atoms with Crippen LogP contribution in [0.15, 0.2) is 30.3 Å². The third-order valence-electron chi connectivity index (χ3n) is 8.53. The number of nitrogens with two attached hydrogens (primary N) is 1. The number of Topliss-reactive ketones (excluding diaryl/α,β-unsaturated/α-hetero) is 1. The first-order valence-corrected chi connectivity index (χ1v) is 20.2. The molecule has 23 nitrogen and oxygen atoms in total. The maximum absolute atomic E-state index is 13.3. The highest BCUT2D eigenvalue weighted by molar-refractivity contribution is 7.80. The van der Waals surface area contributed by atoms with Crippen LogP contribution in [-0.2, 0) is 63.8 Å². The van der Waals surface area contributed by atoms with Gasteiger partial charge in [-0.1, -0.05) is 30.3 Å². The number of hydrogen-bond acceptors (Lipinski definition) is 15. The van der Waals surface area contributed by atoms with Crippen LogP contribution in [0.1, 0.15) is 63.9 Å². The first-order valence-electron chi connectivity index (χ1n) is 19.5. The molecule has 0 spiro atoms. The minimum Gasteiger partial charge on any atom is -0.481 e. The van der Waals surface area contributed by atoms with Crippen LogP contribution in [0.4, 0.5) is 4.79 Å². The second kappa shape index (κ2) is 31.1. The topological polar surface area (TPSA) is 357 Å². The fourth-order valence-electron chi connectivity index (χ4n) is 5.23. The number of nitrogens with one attached hydrogen (secondary N) is 6. The standard InChI is InChI=1S/C38H57N7O16S/c1-23(21-62)41-36(55)28(20-34(52)53)43-35(54)25(39)7-9-29(47)27(19-24-5-3-2-4-6-24)42-31(49)13-15-59-17-18-60-16-14-40-30(48)10-8-26(37(56)57)44-38(58)45-32(61-22-46)11-12-33(50)51/h2-6,22-23,25-28,32,62H,7-21,39H2,1H3,(H,40,48)(H,41,55)(H,42,49)(H,43,54)(H,50,51)(H,52,53)(H,56,57)(H2,44,45,58)/t23-,25+,26+,27+,28+,32-/m1/s1. The lowest BCUT2D eigenvalue weighted by molar-refractivity contribution is -0.141. The summed E-state index contributed by atoms with van der Waals surface area (Å²) in [7, 11) is 0. The van der Waals surface area contributed by atoms with Gasteiger partial charge in [0.15, 0.2) is 12.0 Å². The van der Waals surface area contributed by atoms with Crippen molar-refractivity contribution < 1.29 is 77.5 Å². The number of hydrogen-bond donors (Lipinski definition) is 11. The summed E-state index contributed by atoms with van der Waals surface area (Å²) in [6, 6.07) is 2.30. The van der Waals surface area contributed by atoms with Gasteiger partial charge >= 0.3 is 23.9 Å². The zero-order valence-corrected chi connectivity index (χ0v) is 35.1. The number of amides is 6. The summed E-state index contributed by atoms with van der Waals surface area (Å²) in [5.41, 5.74) is 6.76. The van der Waals surface area contributed by atoms with Gasteiger partial charge in [0.25, 0.3) is 6.47 Å². The molecule has 0 aliphatic heterocycles. The summed E-state index contributed by atoms with van der Waals surface area (Å²) in [6.45, 7) is 1.93. The van der Waals surface area contributed by atoms with Crippen molar-refractivity contribution >= 4 is 72.5 Å². The predicted molar refractivity (Wildman–Crippen MR) is 219 cm³/mol. The number of aliphatic carboxylic acids is 3. The van der Waals surface area contributed by atoms with E-state index in [2.05, 4.69) is 49.3 Å². The second-order valence-corrected chi connectivity index (χ2v) is 14.1. The van der Waals surface area contributed by atoms with E-state index in [0.717, 1.165) is 5.56 Å². The normalized spacial score (nSPS) is 13.7. The summed E-state index contributed by atoms with van der Waals surface area (Å²) >= 11 is 4.07. The molecule has 0 radical (unpaired) electrons. The van der Waals surface area contributed by atoms with Gasteiger partial charge in [0, 0.05) is 44.0 Å². The number of thiol groups is 1. The Morgan fingerprint density at radius 3 is 2.00 bits per heavy atom. The Morgan fingerprint density at radius 1 is 0.710 bits per heavy atom. The first kappa shape index (κ1) is 54.2. The number of benzene rings is 1. The summed E-state index contributed by atoms with van der Waals surface area (Å²) in [5, 5.41) is 41.7. The summed E-state index contributed by atoms with van der Waals surface area (Å²) in [6.07, 6.45) is -3.62. The van der Waals surface area contributed by atoms with Gasteiger partial charge in [-0.25, -0.2) is 9.59 Å². The number of carbonyl (C=O) groups excluding carboxylic acids is 7. The lowest BCUT2D eigenvalue weighted by atomic mass is 9.97. The van der Waals surface area contributed by atoms with Gasteiger partial charge in [0.1, 0.15) is 12.1 Å². The highest BCUT2D eigenvalue weighted by atomic mass is 32.1. The van der Waals surface area contributed by atoms with Crippen molar-refractivity contribution in [2.24, 2.45) is 5.73 Å². The van der Waals surface area contributed by atoms with Gasteiger partial charge in [-0.15, -0.1) is 0 Å². The summed E-state index contributed by atoms with van der Waals surface area (Å²) < 4.78 is 15.4. The van der Waals surface area contributed by atoms with E-state index >= 15 is 0 Å². The molecule has 0 fully saturated rings. The van der Waals surface area contributed by atoms with Crippen molar-refractivity contribution in [3.8, 4) is 0 Å². The van der Waals surface area contributed by atoms with Crippen LogP contribution in [0.2, 0.25) is 0 Å². The fourth-order valence-corrected chi connectivity index (χ4v) is 5.32. The third kappa shape index (κ3) is 25.0. The summed E-state index contributed by atoms with van der Waals surface area (Å²) in [4.78, 5) is 120. The van der Waals surface area contributed by atoms with Gasteiger partial charge < -0.3 is 67.2 Å². The average molecular weight is 900 g/mol. The molecule has 1 rings (SSSR count). The van der Waals surface area contributed by atoms with Crippen molar-refractivity contribution in [1.29, 1.82) is 0 Å². The minimum absolute atomic E-state index is 0.000355. The van der Waals surface area contributed by atoms with Gasteiger partial charge in [-0.05, 0) is 31.7 Å². The molecular formula is C38H57N7O16S. The van der Waals surface area contributed by atoms with Crippen LogP contribution >= 0.6 is 12.6 Å². The molecule has 0 heterocycles. The maximum atomic E-state index is 13.3. The van der Waals surface area contributed by atoms with E-state index in [1.54, 1.807) is 37.3 Å². The molecule has 1 aromatic carbocycles. The SMILES string of the molecule is C[C@H](CS)NC(=O)[C@H](CC(=O)O)NC(=O)[C@@H](N)CCC(=O)[C@H](Cc1ccccc1)NC(=O)CCOCCOCCNC(=O)CC[C@H](NC(=O)N[C@@H](CCC(=O)O)OC=O)C(=O)O. The average Bonchev–Trinajstić information content (AvgIpc) is 3.22. The summed E-state index contributed by atoms with van der Waals surface area (Å²) in [5.74, 6) is -6.69. The van der Waals surface area contributed by atoms with Gasteiger partial charge in [0.2, 0.25) is 23.6 Å². The number of carbonyl (C=O) groups is 10. The first-order chi connectivity index (χ1) is 29.4. The molecule has 6 amide bonds. The Bertz CT molecular complexity index is 1640. The Morgan fingerprint density at radius 2 is 1.39 bits per heavy atom. The number of urea groups is 1. The number of rotatable bonds is 34. The molecule has 6 atom stereocenters. The zero-order valence-electron chi connectivity index (χ0n) is 34.2. The lowest BCUT2D eigenvalue weighted by Gasteiger charge is -2.22. The van der Waals surface area contributed by atoms with Gasteiger partial charge in [0.05, 0.1) is 51.4 Å². The van der Waals surface area contributed by atoms with Gasteiger partial charge in [-0.2, -0.15) is 12.6 Å². The Labute approximate surface area is 362 Å². The van der Waals surface area contributed by atoms with E-state index in [-0.39, 0.29) is 90.1 Å². The quantitative estimate of drug-likeness (QED) is 0.0158. The van der Waals surface area contributed by atoms with Crippen LogP contribution < -0.4 is 37.6 Å². The minimum atomic E-state index is -1.49. The monoisotopic (exact) mass is 899 g/mol. The van der Waals surface area contributed by atoms with Gasteiger partial charge in [-0.3, -0.25) is 38.4 Å². The number of carboxylic acids is 3. The van der Waals surface area contributed by atoms with E-state index in [9.17, 15) is 58.2 Å². The Hall–Kier alpha value is -5.85. The van der Waals surface area contributed by atoms with E-state index in [0.29, 0.717) is 0 Å². The highest BCUT2D eigenvalue weighted by Crippen LogP contribution is 2.09. The van der Waals surface area contributed by atoms with Crippen molar-refractivity contribution in [2.75, 3.05) is 38.7 Å². The highest BCUT2D eigenvalue weighted by Gasteiger charge is 2.29. The Kier molecular flexibility index (Phi) is 27.1. The zero-order chi connectivity index (χ0) is 46.5. The largest absolute Gasteiger partial charge is 0.481 e. The molecule has 0 aliphatic carbocycles. The van der Waals surface area contributed by atoms with E-state index in [1.807, 2.05) is 0 Å². The van der Waals surface area contributed by atoms with Crippen LogP contribution in [0.3, 0.4) is 0 Å². The predicted octanol–water partition coefficient (Wildman–Crippen LogP) is -1.78.